The standard InChI is InChI=1S/C19H29N2/c1-3-5-6-7-8-12-15-19-20(4-2)16-17-21(19)18-13-10-9-11-14-18/h9-11,13-14,16-17H,3-8,12,15H2,1-2H3/q+1. The number of hydrogen-bond acceptors (Lipinski definition) is 0. The van der Waals surface area contributed by atoms with Crippen LogP contribution < -0.4 is 4.57 Å². The third-order valence-electron chi connectivity index (χ3n) is 4.13. The maximum atomic E-state index is 2.37. The molecule has 0 bridgehead atoms. The number of hydrogen-bond donors (Lipinski definition) is 0. The Bertz CT molecular complexity index is 514. The SMILES string of the molecule is CCCCCCCCc1n(-c2ccccc2)cc[n+]1CC. The quantitative estimate of drug-likeness (QED) is 0.467. The summed E-state index contributed by atoms with van der Waals surface area (Å²) in [5.41, 5.74) is 1.27. The van der Waals surface area contributed by atoms with Crippen LogP contribution in [0.1, 0.15) is 58.2 Å². The van der Waals surface area contributed by atoms with Gasteiger partial charge in [-0.1, -0.05) is 57.2 Å². The van der Waals surface area contributed by atoms with Gasteiger partial charge in [0.1, 0.15) is 18.1 Å². The Kier molecular flexibility index (Phi) is 6.52. The molecule has 2 rings (SSSR count). The van der Waals surface area contributed by atoms with E-state index in [-0.39, 0.29) is 0 Å². The molecule has 0 atom stereocenters. The molecule has 1 heterocycles. The van der Waals surface area contributed by atoms with Gasteiger partial charge < -0.3 is 0 Å². The molecular weight excluding hydrogens is 256 g/mol. The van der Waals surface area contributed by atoms with Gasteiger partial charge in [-0.3, -0.25) is 0 Å². The predicted octanol–water partition coefficient (Wildman–Crippen LogP) is 4.69. The van der Waals surface area contributed by atoms with Crippen molar-refractivity contribution in [3.05, 3.63) is 48.5 Å². The van der Waals surface area contributed by atoms with E-state index in [4.69, 9.17) is 0 Å². The van der Waals surface area contributed by atoms with Gasteiger partial charge in [0, 0.05) is 6.42 Å². The van der Waals surface area contributed by atoms with Crippen LogP contribution in [-0.2, 0) is 13.0 Å². The molecule has 0 aliphatic carbocycles. The van der Waals surface area contributed by atoms with Gasteiger partial charge in [-0.05, 0) is 25.5 Å². The molecule has 2 nitrogen and oxygen atoms in total. The summed E-state index contributed by atoms with van der Waals surface area (Å²) < 4.78 is 4.72. The largest absolute Gasteiger partial charge is 0.261 e. The molecule has 1 aromatic heterocycles. The number of benzene rings is 1. The van der Waals surface area contributed by atoms with Crippen molar-refractivity contribution >= 4 is 0 Å². The van der Waals surface area contributed by atoms with Gasteiger partial charge in [0.15, 0.2) is 0 Å². The summed E-state index contributed by atoms with van der Waals surface area (Å²) in [5.74, 6) is 1.43. The van der Waals surface area contributed by atoms with Crippen LogP contribution >= 0.6 is 0 Å². The summed E-state index contributed by atoms with van der Waals surface area (Å²) in [4.78, 5) is 0. The summed E-state index contributed by atoms with van der Waals surface area (Å²) in [6.07, 6.45) is 13.7. The van der Waals surface area contributed by atoms with E-state index in [1.165, 1.54) is 56.5 Å². The summed E-state index contributed by atoms with van der Waals surface area (Å²) in [5, 5.41) is 0. The Morgan fingerprint density at radius 3 is 2.33 bits per heavy atom. The zero-order chi connectivity index (χ0) is 14.9. The fourth-order valence-corrected chi connectivity index (χ4v) is 2.90. The first kappa shape index (κ1) is 15.8. The van der Waals surface area contributed by atoms with Crippen molar-refractivity contribution in [3.63, 3.8) is 0 Å². The molecule has 0 N–H and O–H groups in total. The highest BCUT2D eigenvalue weighted by atomic mass is 15.1. The second-order valence-electron chi connectivity index (χ2n) is 5.72. The molecule has 114 valence electrons. The molecule has 0 saturated carbocycles. The van der Waals surface area contributed by atoms with E-state index >= 15 is 0 Å². The Morgan fingerprint density at radius 2 is 1.62 bits per heavy atom. The van der Waals surface area contributed by atoms with E-state index in [2.05, 4.69) is 65.7 Å². The van der Waals surface area contributed by atoms with Crippen LogP contribution in [0, 0.1) is 0 Å². The molecule has 0 fully saturated rings. The van der Waals surface area contributed by atoms with Crippen LogP contribution in [0.2, 0.25) is 0 Å². The molecule has 0 amide bonds. The van der Waals surface area contributed by atoms with Crippen LogP contribution in [-0.4, -0.2) is 4.57 Å². The lowest BCUT2D eigenvalue weighted by Gasteiger charge is -2.04. The van der Waals surface area contributed by atoms with Gasteiger partial charge in [0.25, 0.3) is 5.82 Å². The number of imidazole rings is 1. The molecule has 0 spiro atoms. The van der Waals surface area contributed by atoms with E-state index in [9.17, 15) is 0 Å². The molecule has 0 radical (unpaired) electrons. The maximum absolute atomic E-state index is 2.37. The number of unbranched alkanes of at least 4 members (excludes halogenated alkanes) is 5. The fourth-order valence-electron chi connectivity index (χ4n) is 2.90. The molecule has 1 aromatic carbocycles. The third-order valence-corrected chi connectivity index (χ3v) is 4.13. The summed E-state index contributed by atoms with van der Waals surface area (Å²) in [6, 6.07) is 10.7. The van der Waals surface area contributed by atoms with Gasteiger partial charge in [-0.25, -0.2) is 4.57 Å². The average molecular weight is 285 g/mol. The highest BCUT2D eigenvalue weighted by molar-refractivity contribution is 5.31. The highest BCUT2D eigenvalue weighted by Gasteiger charge is 2.16. The number of nitrogens with zero attached hydrogens (tertiary/aromatic N) is 2. The molecule has 2 heteroatoms. The van der Waals surface area contributed by atoms with Gasteiger partial charge >= 0.3 is 0 Å². The van der Waals surface area contributed by atoms with Gasteiger partial charge in [-0.2, -0.15) is 4.57 Å². The first-order valence-electron chi connectivity index (χ1n) is 8.52. The second kappa shape index (κ2) is 8.66. The Balaban J connectivity index is 1.99. The van der Waals surface area contributed by atoms with Gasteiger partial charge in [0.2, 0.25) is 0 Å². The van der Waals surface area contributed by atoms with Crippen molar-refractivity contribution in [1.82, 2.24) is 4.57 Å². The van der Waals surface area contributed by atoms with Gasteiger partial charge in [-0.15, -0.1) is 0 Å². The van der Waals surface area contributed by atoms with Crippen LogP contribution in [0.3, 0.4) is 0 Å². The Hall–Kier alpha value is -1.57. The normalized spacial score (nSPS) is 11.0. The summed E-state index contributed by atoms with van der Waals surface area (Å²) in [6.45, 7) is 5.54. The third kappa shape index (κ3) is 4.45. The first-order valence-corrected chi connectivity index (χ1v) is 8.52. The van der Waals surface area contributed by atoms with E-state index in [1.807, 2.05) is 0 Å². The zero-order valence-electron chi connectivity index (χ0n) is 13.6. The molecule has 0 aliphatic rings. The smallest absolute Gasteiger partial charge is 0.234 e. The predicted molar refractivity (Wildman–Crippen MR) is 88.7 cm³/mol. The summed E-state index contributed by atoms with van der Waals surface area (Å²) in [7, 11) is 0. The van der Waals surface area contributed by atoms with Crippen LogP contribution in [0.15, 0.2) is 42.7 Å². The summed E-state index contributed by atoms with van der Waals surface area (Å²) >= 11 is 0. The molecular formula is C19H29N2+. The minimum Gasteiger partial charge on any atom is -0.234 e. The zero-order valence-corrected chi connectivity index (χ0v) is 13.6. The van der Waals surface area contributed by atoms with Crippen molar-refractivity contribution in [2.75, 3.05) is 0 Å². The van der Waals surface area contributed by atoms with Crippen molar-refractivity contribution in [2.45, 2.75) is 65.3 Å². The minimum atomic E-state index is 1.05. The lowest BCUT2D eigenvalue weighted by molar-refractivity contribution is -0.700. The first-order chi connectivity index (χ1) is 10.4. The average Bonchev–Trinajstić information content (AvgIpc) is 2.94. The van der Waals surface area contributed by atoms with Crippen molar-refractivity contribution in [1.29, 1.82) is 0 Å². The number of para-hydroxylation sites is 1. The van der Waals surface area contributed by atoms with Crippen LogP contribution in [0.4, 0.5) is 0 Å². The van der Waals surface area contributed by atoms with Crippen molar-refractivity contribution < 1.29 is 4.57 Å². The molecule has 0 aliphatic heterocycles. The van der Waals surface area contributed by atoms with Crippen molar-refractivity contribution in [2.24, 2.45) is 0 Å². The van der Waals surface area contributed by atoms with Crippen LogP contribution in [0.5, 0.6) is 0 Å². The second-order valence-corrected chi connectivity index (χ2v) is 5.72. The van der Waals surface area contributed by atoms with E-state index in [0.717, 1.165) is 6.54 Å². The number of rotatable bonds is 9. The Labute approximate surface area is 129 Å². The topological polar surface area (TPSA) is 8.81 Å². The highest BCUT2D eigenvalue weighted by Crippen LogP contribution is 2.13. The molecule has 21 heavy (non-hydrogen) atoms. The maximum Gasteiger partial charge on any atom is 0.261 e. The monoisotopic (exact) mass is 285 g/mol. The fraction of sp³-hybridized carbons (Fsp3) is 0.526. The molecule has 2 aromatic rings. The van der Waals surface area contributed by atoms with E-state index in [1.54, 1.807) is 0 Å². The molecule has 0 saturated heterocycles. The lowest BCUT2D eigenvalue weighted by atomic mass is 10.1. The van der Waals surface area contributed by atoms with E-state index in [0.29, 0.717) is 0 Å². The lowest BCUT2D eigenvalue weighted by Crippen LogP contribution is -2.35. The Morgan fingerprint density at radius 1 is 0.905 bits per heavy atom. The van der Waals surface area contributed by atoms with E-state index < -0.39 is 0 Å². The van der Waals surface area contributed by atoms with Gasteiger partial charge in [0.05, 0.1) is 6.54 Å². The van der Waals surface area contributed by atoms with Crippen molar-refractivity contribution in [3.8, 4) is 5.69 Å². The number of aromatic nitrogens is 2. The number of aryl methyl sites for hydroxylation is 1. The van der Waals surface area contributed by atoms with Crippen LogP contribution in [0.25, 0.3) is 5.69 Å². The molecule has 0 unspecified atom stereocenters. The minimum absolute atomic E-state index is 1.05.